The number of amides is 1. The monoisotopic (exact) mass is 391 g/mol. The Hall–Kier alpha value is -3.26. The van der Waals surface area contributed by atoms with Crippen LogP contribution in [0.4, 0.5) is 5.82 Å². The van der Waals surface area contributed by atoms with Gasteiger partial charge in [-0.25, -0.2) is 0 Å². The lowest BCUT2D eigenvalue weighted by Gasteiger charge is -2.17. The van der Waals surface area contributed by atoms with E-state index in [1.54, 1.807) is 4.68 Å². The molecule has 1 amide bonds. The first-order valence-corrected chi connectivity index (χ1v) is 9.81. The van der Waals surface area contributed by atoms with Crippen molar-refractivity contribution >= 4 is 11.7 Å². The third-order valence-electron chi connectivity index (χ3n) is 5.17. The van der Waals surface area contributed by atoms with Crippen LogP contribution in [0.25, 0.3) is 11.3 Å². The zero-order valence-corrected chi connectivity index (χ0v) is 16.4. The molecule has 0 saturated carbocycles. The highest BCUT2D eigenvalue weighted by Gasteiger charge is 2.34. The fourth-order valence-corrected chi connectivity index (χ4v) is 3.63. The van der Waals surface area contributed by atoms with Gasteiger partial charge in [0.1, 0.15) is 5.82 Å². The highest BCUT2D eigenvalue weighted by Crippen LogP contribution is 2.27. The molecule has 0 radical (unpaired) electrons. The van der Waals surface area contributed by atoms with Crippen molar-refractivity contribution < 1.29 is 4.79 Å². The fraction of sp³-hybridized carbons (Fsp3) is 0.333. The van der Waals surface area contributed by atoms with E-state index in [1.165, 1.54) is 0 Å². The molecule has 0 spiro atoms. The van der Waals surface area contributed by atoms with Gasteiger partial charge >= 0.3 is 0 Å². The summed E-state index contributed by atoms with van der Waals surface area (Å²) in [7, 11) is 1.89. The summed E-state index contributed by atoms with van der Waals surface area (Å²) in [5.41, 5.74) is 2.97. The average molecular weight is 391 g/mol. The zero-order valence-electron chi connectivity index (χ0n) is 16.4. The number of hydrogen-bond acceptors (Lipinski definition) is 6. The van der Waals surface area contributed by atoms with Crippen LogP contribution in [0.2, 0.25) is 0 Å². The summed E-state index contributed by atoms with van der Waals surface area (Å²) in [4.78, 5) is 12.6. The SMILES string of the molecule is Cn1cc([C@H]2CNC[C@@H]2C(=O)NCCNc2ccc(-c3ccccc3)nn2)cn1. The number of anilines is 1. The summed E-state index contributed by atoms with van der Waals surface area (Å²) in [5, 5.41) is 22.2. The van der Waals surface area contributed by atoms with E-state index in [2.05, 4.69) is 31.2 Å². The van der Waals surface area contributed by atoms with Crippen molar-refractivity contribution in [2.24, 2.45) is 13.0 Å². The quantitative estimate of drug-likeness (QED) is 0.527. The maximum Gasteiger partial charge on any atom is 0.225 e. The van der Waals surface area contributed by atoms with Crippen LogP contribution in [0.5, 0.6) is 0 Å². The van der Waals surface area contributed by atoms with Gasteiger partial charge in [0.25, 0.3) is 0 Å². The molecule has 2 atom stereocenters. The first-order valence-electron chi connectivity index (χ1n) is 9.81. The Morgan fingerprint density at radius 2 is 2.00 bits per heavy atom. The lowest BCUT2D eigenvalue weighted by molar-refractivity contribution is -0.124. The van der Waals surface area contributed by atoms with E-state index in [-0.39, 0.29) is 17.7 Å². The molecule has 150 valence electrons. The van der Waals surface area contributed by atoms with Gasteiger partial charge in [0, 0.05) is 50.9 Å². The van der Waals surface area contributed by atoms with Crippen LogP contribution in [0.3, 0.4) is 0 Å². The molecular formula is C21H25N7O. The molecule has 1 aliphatic rings. The molecule has 0 aliphatic carbocycles. The van der Waals surface area contributed by atoms with Crippen molar-refractivity contribution in [1.29, 1.82) is 0 Å². The summed E-state index contributed by atoms with van der Waals surface area (Å²) in [5.74, 6) is 0.836. The summed E-state index contributed by atoms with van der Waals surface area (Å²) in [6.07, 6.45) is 3.83. The number of carbonyl (C=O) groups excluding carboxylic acids is 1. The maximum absolute atomic E-state index is 12.6. The second-order valence-corrected chi connectivity index (χ2v) is 7.21. The maximum atomic E-state index is 12.6. The summed E-state index contributed by atoms with van der Waals surface area (Å²) >= 11 is 0. The first-order chi connectivity index (χ1) is 14.2. The van der Waals surface area contributed by atoms with E-state index in [0.717, 1.165) is 23.4 Å². The van der Waals surface area contributed by atoms with Crippen molar-refractivity contribution in [3.63, 3.8) is 0 Å². The molecule has 1 aromatic carbocycles. The molecule has 8 nitrogen and oxygen atoms in total. The third-order valence-corrected chi connectivity index (χ3v) is 5.17. The Bertz CT molecular complexity index is 939. The molecule has 29 heavy (non-hydrogen) atoms. The Morgan fingerprint density at radius 1 is 1.14 bits per heavy atom. The van der Waals surface area contributed by atoms with Gasteiger partial charge in [0.2, 0.25) is 5.91 Å². The van der Waals surface area contributed by atoms with Gasteiger partial charge in [0.15, 0.2) is 0 Å². The van der Waals surface area contributed by atoms with Crippen LogP contribution >= 0.6 is 0 Å². The van der Waals surface area contributed by atoms with Crippen LogP contribution in [0.15, 0.2) is 54.9 Å². The first kappa shape index (κ1) is 19.1. The topological polar surface area (TPSA) is 96.8 Å². The van der Waals surface area contributed by atoms with E-state index in [0.29, 0.717) is 25.5 Å². The molecule has 1 fully saturated rings. The summed E-state index contributed by atoms with van der Waals surface area (Å²) in [6.45, 7) is 2.59. The largest absolute Gasteiger partial charge is 0.367 e. The minimum absolute atomic E-state index is 0.0659. The van der Waals surface area contributed by atoms with Gasteiger partial charge in [-0.1, -0.05) is 30.3 Å². The van der Waals surface area contributed by atoms with Crippen LogP contribution in [0.1, 0.15) is 11.5 Å². The lowest BCUT2D eigenvalue weighted by Crippen LogP contribution is -2.37. The number of rotatable bonds is 7. The number of nitrogens with one attached hydrogen (secondary N) is 3. The number of aromatic nitrogens is 4. The second-order valence-electron chi connectivity index (χ2n) is 7.21. The fourth-order valence-electron chi connectivity index (χ4n) is 3.63. The molecule has 4 rings (SSSR count). The van der Waals surface area contributed by atoms with E-state index in [9.17, 15) is 4.79 Å². The van der Waals surface area contributed by atoms with Gasteiger partial charge in [-0.2, -0.15) is 5.10 Å². The standard InChI is InChI=1S/C21H25N7O/c1-28-14-16(11-25-28)17-12-22-13-18(17)21(29)24-10-9-23-20-8-7-19(26-27-20)15-5-3-2-4-6-15/h2-8,11,14,17-18,22H,9-10,12-13H2,1H3,(H,23,27)(H,24,29)/t17-,18+/m1/s1. The number of hydrogen-bond donors (Lipinski definition) is 3. The number of carbonyl (C=O) groups is 1. The molecular weight excluding hydrogens is 366 g/mol. The van der Waals surface area contributed by atoms with Crippen molar-refractivity contribution in [3.8, 4) is 11.3 Å². The molecule has 8 heteroatoms. The van der Waals surface area contributed by atoms with E-state index in [4.69, 9.17) is 0 Å². The molecule has 0 bridgehead atoms. The van der Waals surface area contributed by atoms with Crippen molar-refractivity contribution in [1.82, 2.24) is 30.6 Å². The van der Waals surface area contributed by atoms with Gasteiger partial charge in [-0.15, -0.1) is 10.2 Å². The normalized spacial score (nSPS) is 18.5. The summed E-state index contributed by atoms with van der Waals surface area (Å²) < 4.78 is 1.77. The highest BCUT2D eigenvalue weighted by molar-refractivity contribution is 5.80. The van der Waals surface area contributed by atoms with Gasteiger partial charge in [0.05, 0.1) is 17.8 Å². The molecule has 1 aliphatic heterocycles. The molecule has 3 aromatic rings. The lowest BCUT2D eigenvalue weighted by atomic mass is 9.90. The molecule has 3 heterocycles. The number of aryl methyl sites for hydroxylation is 1. The Morgan fingerprint density at radius 3 is 2.72 bits per heavy atom. The van der Waals surface area contributed by atoms with Crippen LogP contribution < -0.4 is 16.0 Å². The van der Waals surface area contributed by atoms with Crippen molar-refractivity contribution in [3.05, 3.63) is 60.4 Å². The molecule has 2 aromatic heterocycles. The zero-order chi connectivity index (χ0) is 20.1. The van der Waals surface area contributed by atoms with Gasteiger partial charge in [-0.3, -0.25) is 9.48 Å². The van der Waals surface area contributed by atoms with Crippen LogP contribution in [-0.4, -0.2) is 52.1 Å². The Labute approximate surface area is 169 Å². The number of benzene rings is 1. The third kappa shape index (κ3) is 4.60. The van der Waals surface area contributed by atoms with E-state index >= 15 is 0 Å². The predicted octanol–water partition coefficient (Wildman–Crippen LogP) is 1.41. The highest BCUT2D eigenvalue weighted by atomic mass is 16.1. The smallest absolute Gasteiger partial charge is 0.225 e. The predicted molar refractivity (Wildman–Crippen MR) is 111 cm³/mol. The second kappa shape index (κ2) is 8.83. The van der Waals surface area contributed by atoms with Gasteiger partial charge in [-0.05, 0) is 17.7 Å². The molecule has 0 unspecified atom stereocenters. The van der Waals surface area contributed by atoms with Crippen LogP contribution in [0, 0.1) is 5.92 Å². The summed E-state index contributed by atoms with van der Waals surface area (Å²) in [6, 6.07) is 13.8. The van der Waals surface area contributed by atoms with Gasteiger partial charge < -0.3 is 16.0 Å². The molecule has 1 saturated heterocycles. The van der Waals surface area contributed by atoms with Crippen molar-refractivity contribution in [2.75, 3.05) is 31.5 Å². The average Bonchev–Trinajstić information content (AvgIpc) is 3.41. The minimum atomic E-state index is -0.0795. The van der Waals surface area contributed by atoms with Crippen LogP contribution in [-0.2, 0) is 11.8 Å². The van der Waals surface area contributed by atoms with E-state index < -0.39 is 0 Å². The Kier molecular flexibility index (Phi) is 5.81. The van der Waals surface area contributed by atoms with E-state index in [1.807, 2.05) is 61.9 Å². The van der Waals surface area contributed by atoms with Crippen molar-refractivity contribution in [2.45, 2.75) is 5.92 Å². The molecule has 3 N–H and O–H groups in total. The number of nitrogens with zero attached hydrogens (tertiary/aromatic N) is 4. The minimum Gasteiger partial charge on any atom is -0.367 e. The Balaban J connectivity index is 1.24.